The van der Waals surface area contributed by atoms with E-state index in [1.54, 1.807) is 6.92 Å². The second-order valence-corrected chi connectivity index (χ2v) is 4.67. The van der Waals surface area contributed by atoms with E-state index >= 15 is 0 Å². The Balaban J connectivity index is 2.35. The highest BCUT2D eigenvalue weighted by Gasteiger charge is 2.36. The van der Waals surface area contributed by atoms with E-state index in [-0.39, 0.29) is 12.0 Å². The number of benzene rings is 1. The van der Waals surface area contributed by atoms with Crippen molar-refractivity contribution in [2.45, 2.75) is 25.5 Å². The Morgan fingerprint density at radius 3 is 2.89 bits per heavy atom. The molecule has 0 aliphatic carbocycles. The van der Waals surface area contributed by atoms with Gasteiger partial charge >= 0.3 is 5.97 Å². The minimum absolute atomic E-state index is 0.178. The number of aliphatic hydroxyl groups excluding tert-OH is 1. The summed E-state index contributed by atoms with van der Waals surface area (Å²) in [6.45, 7) is 2.43. The molecule has 3 atom stereocenters. The lowest BCUT2D eigenvalue weighted by atomic mass is 9.84. The SMILES string of the molecule is COC(=O)[C@H]([C@@H](C)O)[C@H]1NCCc2ccccc21. The molecule has 1 aliphatic heterocycles. The van der Waals surface area contributed by atoms with Crippen molar-refractivity contribution in [3.63, 3.8) is 0 Å². The Bertz CT molecular complexity index is 431. The summed E-state index contributed by atoms with van der Waals surface area (Å²) >= 11 is 0. The number of carbonyl (C=O) groups excluding carboxylic acids is 1. The quantitative estimate of drug-likeness (QED) is 0.786. The number of ether oxygens (including phenoxy) is 1. The summed E-state index contributed by atoms with van der Waals surface area (Å²) in [7, 11) is 1.35. The van der Waals surface area contributed by atoms with E-state index in [1.807, 2.05) is 18.2 Å². The van der Waals surface area contributed by atoms with Crippen molar-refractivity contribution in [1.29, 1.82) is 0 Å². The lowest BCUT2D eigenvalue weighted by Gasteiger charge is -2.33. The Morgan fingerprint density at radius 1 is 1.50 bits per heavy atom. The summed E-state index contributed by atoms with van der Waals surface area (Å²) in [5, 5.41) is 13.2. The number of fused-ring (bicyclic) bond motifs is 1. The fourth-order valence-corrected chi connectivity index (χ4v) is 2.61. The van der Waals surface area contributed by atoms with Crippen LogP contribution >= 0.6 is 0 Å². The molecule has 2 N–H and O–H groups in total. The van der Waals surface area contributed by atoms with Gasteiger partial charge in [0.1, 0.15) is 5.92 Å². The Hall–Kier alpha value is -1.39. The third-order valence-electron chi connectivity index (χ3n) is 3.50. The van der Waals surface area contributed by atoms with Gasteiger partial charge in [-0.05, 0) is 31.0 Å². The van der Waals surface area contributed by atoms with Gasteiger partial charge in [0.15, 0.2) is 0 Å². The average Bonchev–Trinajstić information content (AvgIpc) is 2.38. The molecule has 0 bridgehead atoms. The predicted octanol–water partition coefficient (Wildman–Crippen LogP) is 1.04. The van der Waals surface area contributed by atoms with E-state index in [1.165, 1.54) is 12.7 Å². The zero-order valence-electron chi connectivity index (χ0n) is 10.7. The first-order chi connectivity index (χ1) is 8.65. The molecule has 18 heavy (non-hydrogen) atoms. The lowest BCUT2D eigenvalue weighted by molar-refractivity contribution is -0.150. The second-order valence-electron chi connectivity index (χ2n) is 4.67. The number of aliphatic hydroxyl groups is 1. The normalized spacial score (nSPS) is 21.8. The number of hydrogen-bond acceptors (Lipinski definition) is 4. The molecule has 1 aromatic carbocycles. The van der Waals surface area contributed by atoms with E-state index in [0.29, 0.717) is 0 Å². The molecule has 2 rings (SSSR count). The van der Waals surface area contributed by atoms with Gasteiger partial charge in [0.05, 0.1) is 13.2 Å². The van der Waals surface area contributed by atoms with Crippen LogP contribution in [0.25, 0.3) is 0 Å². The third kappa shape index (κ3) is 2.40. The van der Waals surface area contributed by atoms with Gasteiger partial charge in [-0.2, -0.15) is 0 Å². The van der Waals surface area contributed by atoms with Gasteiger partial charge in [0.2, 0.25) is 0 Å². The van der Waals surface area contributed by atoms with Crippen LogP contribution in [0.5, 0.6) is 0 Å². The maximum absolute atomic E-state index is 11.8. The van der Waals surface area contributed by atoms with Gasteiger partial charge in [-0.25, -0.2) is 0 Å². The van der Waals surface area contributed by atoms with Crippen molar-refractivity contribution in [3.05, 3.63) is 35.4 Å². The Kier molecular flexibility index (Phi) is 3.99. The summed E-state index contributed by atoms with van der Waals surface area (Å²) in [5.74, 6) is -0.948. The number of esters is 1. The van der Waals surface area contributed by atoms with Crippen LogP contribution in [0.2, 0.25) is 0 Å². The Labute approximate surface area is 107 Å². The molecule has 1 aliphatic rings. The molecule has 1 aromatic rings. The van der Waals surface area contributed by atoms with Crippen LogP contribution in [-0.4, -0.2) is 30.8 Å². The van der Waals surface area contributed by atoms with Gasteiger partial charge in [-0.1, -0.05) is 24.3 Å². The fraction of sp³-hybridized carbons (Fsp3) is 0.500. The smallest absolute Gasteiger partial charge is 0.313 e. The van der Waals surface area contributed by atoms with Crippen LogP contribution in [0, 0.1) is 5.92 Å². The molecule has 0 radical (unpaired) electrons. The van der Waals surface area contributed by atoms with Crippen molar-refractivity contribution in [1.82, 2.24) is 5.32 Å². The monoisotopic (exact) mass is 249 g/mol. The molecule has 0 unspecified atom stereocenters. The van der Waals surface area contributed by atoms with Gasteiger partial charge in [0.25, 0.3) is 0 Å². The molecular weight excluding hydrogens is 230 g/mol. The number of nitrogens with one attached hydrogen (secondary N) is 1. The third-order valence-corrected chi connectivity index (χ3v) is 3.50. The zero-order valence-corrected chi connectivity index (χ0v) is 10.7. The molecular formula is C14H19NO3. The first-order valence-corrected chi connectivity index (χ1v) is 6.22. The van der Waals surface area contributed by atoms with Gasteiger partial charge < -0.3 is 15.2 Å². The molecule has 4 heteroatoms. The number of hydrogen-bond donors (Lipinski definition) is 2. The summed E-state index contributed by atoms with van der Waals surface area (Å²) in [6, 6.07) is 7.85. The lowest BCUT2D eigenvalue weighted by Crippen LogP contribution is -2.43. The number of methoxy groups -OCH3 is 1. The Morgan fingerprint density at radius 2 is 2.22 bits per heavy atom. The first kappa shape index (κ1) is 13.1. The maximum Gasteiger partial charge on any atom is 0.313 e. The molecule has 4 nitrogen and oxygen atoms in total. The topological polar surface area (TPSA) is 58.6 Å². The largest absolute Gasteiger partial charge is 0.469 e. The van der Waals surface area contributed by atoms with Crippen LogP contribution in [0.1, 0.15) is 24.1 Å². The molecule has 0 aromatic heterocycles. The highest BCUT2D eigenvalue weighted by Crippen LogP contribution is 2.31. The summed E-state index contributed by atoms with van der Waals surface area (Å²) in [4.78, 5) is 11.8. The van der Waals surface area contributed by atoms with Crippen LogP contribution < -0.4 is 5.32 Å². The van der Waals surface area contributed by atoms with Gasteiger partial charge in [0, 0.05) is 6.04 Å². The van der Waals surface area contributed by atoms with Crippen molar-refractivity contribution in [2.24, 2.45) is 5.92 Å². The summed E-state index contributed by atoms with van der Waals surface area (Å²) in [5.41, 5.74) is 2.32. The van der Waals surface area contributed by atoms with Gasteiger partial charge in [-0.15, -0.1) is 0 Å². The predicted molar refractivity (Wildman–Crippen MR) is 68.1 cm³/mol. The van der Waals surface area contributed by atoms with Crippen molar-refractivity contribution in [2.75, 3.05) is 13.7 Å². The molecule has 0 spiro atoms. The van der Waals surface area contributed by atoms with Crippen LogP contribution in [0.4, 0.5) is 0 Å². The van der Waals surface area contributed by atoms with Crippen LogP contribution in [0.15, 0.2) is 24.3 Å². The van der Waals surface area contributed by atoms with E-state index in [2.05, 4.69) is 11.4 Å². The number of carbonyl (C=O) groups is 1. The molecule has 1 heterocycles. The van der Waals surface area contributed by atoms with E-state index in [9.17, 15) is 9.90 Å². The van der Waals surface area contributed by atoms with Crippen molar-refractivity contribution < 1.29 is 14.6 Å². The van der Waals surface area contributed by atoms with Crippen LogP contribution in [0.3, 0.4) is 0 Å². The summed E-state index contributed by atoms with van der Waals surface area (Å²) in [6.07, 6.45) is 0.196. The minimum Gasteiger partial charge on any atom is -0.469 e. The molecule has 0 amide bonds. The summed E-state index contributed by atoms with van der Waals surface area (Å²) < 4.78 is 4.80. The highest BCUT2D eigenvalue weighted by atomic mass is 16.5. The molecule has 98 valence electrons. The standard InChI is InChI=1S/C14H19NO3/c1-9(16)12(14(17)18-2)13-11-6-4-3-5-10(11)7-8-15-13/h3-6,9,12-13,15-16H,7-8H2,1-2H3/t9-,12-,13+/m1/s1. The maximum atomic E-state index is 11.8. The first-order valence-electron chi connectivity index (χ1n) is 6.22. The van der Waals surface area contributed by atoms with E-state index in [0.717, 1.165) is 18.5 Å². The molecule has 0 saturated heterocycles. The average molecular weight is 249 g/mol. The van der Waals surface area contributed by atoms with E-state index in [4.69, 9.17) is 4.74 Å². The zero-order chi connectivity index (χ0) is 13.1. The van der Waals surface area contributed by atoms with Crippen molar-refractivity contribution in [3.8, 4) is 0 Å². The van der Waals surface area contributed by atoms with E-state index < -0.39 is 12.0 Å². The number of rotatable bonds is 3. The van der Waals surface area contributed by atoms with Crippen molar-refractivity contribution >= 4 is 5.97 Å². The fourth-order valence-electron chi connectivity index (χ4n) is 2.61. The minimum atomic E-state index is -0.749. The van der Waals surface area contributed by atoms with Crippen LogP contribution in [-0.2, 0) is 16.0 Å². The second kappa shape index (κ2) is 5.50. The van der Waals surface area contributed by atoms with Gasteiger partial charge in [-0.3, -0.25) is 4.79 Å². The highest BCUT2D eigenvalue weighted by molar-refractivity contribution is 5.74. The molecule has 0 fully saturated rings. The molecule has 0 saturated carbocycles.